The number of rotatable bonds is 18. The van der Waals surface area contributed by atoms with E-state index < -0.39 is 155 Å². The van der Waals surface area contributed by atoms with Gasteiger partial charge in [-0.1, -0.05) is 26.0 Å². The fraction of sp³-hybridized carbons (Fsp3) is 0.568. The quantitative estimate of drug-likeness (QED) is 0.0639. The van der Waals surface area contributed by atoms with Crippen LogP contribution in [0.2, 0.25) is 0 Å². The van der Waals surface area contributed by atoms with Crippen molar-refractivity contribution in [1.82, 2.24) is 0 Å². The van der Waals surface area contributed by atoms with Crippen LogP contribution in [0.1, 0.15) is 38.7 Å². The minimum atomic E-state index is -8.72. The lowest BCUT2D eigenvalue weighted by atomic mass is 9.85. The molecule has 7 nitrogen and oxygen atoms in total. The van der Waals surface area contributed by atoms with Gasteiger partial charge in [0, 0.05) is 5.92 Å². The van der Waals surface area contributed by atoms with E-state index in [9.17, 15) is 147 Å². The molecule has 2 aromatic rings. The van der Waals surface area contributed by atoms with Gasteiger partial charge in [-0.15, -0.1) is 0 Å². The molecule has 0 N–H and O–H groups in total. The monoisotopic (exact) mass is 1130 g/mol. The number of alkyl halides is 29. The summed E-state index contributed by atoms with van der Waals surface area (Å²) in [5.74, 6) is -107. The SMILES string of the molecule is CC(CC1C(=O)N(c2ccc(OC(=O)C(F)(F)C(F)(F)C(F)(F)C(F)(F)C(F)(F)C(F)(F)C(F)(F)F)cc2)C(=O)C1C)c1ccc(OC(=O)C(F)(F)C(F)(F)C(F)(F)C(F)(F)C(F)(F)C(C)(F)C(F)(F)F)cc1. The molecule has 0 radical (unpaired) electrons. The fourth-order valence-corrected chi connectivity index (χ4v) is 6.10. The van der Waals surface area contributed by atoms with E-state index in [2.05, 4.69) is 9.47 Å². The van der Waals surface area contributed by atoms with Gasteiger partial charge < -0.3 is 9.47 Å². The Balaban J connectivity index is 1.78. The van der Waals surface area contributed by atoms with E-state index in [1.165, 1.54) is 6.92 Å². The number of hydrogen-bond acceptors (Lipinski definition) is 6. The molecule has 1 heterocycles. The van der Waals surface area contributed by atoms with E-state index in [0.29, 0.717) is 24.3 Å². The molecule has 0 spiro atoms. The fourth-order valence-electron chi connectivity index (χ4n) is 6.10. The summed E-state index contributed by atoms with van der Waals surface area (Å²) in [6.07, 6.45) is -15.6. The molecule has 3 rings (SSSR count). The highest BCUT2D eigenvalue weighted by Gasteiger charge is 2.95. The van der Waals surface area contributed by atoms with Crippen molar-refractivity contribution < 1.29 is 156 Å². The number of benzene rings is 2. The number of ether oxygens (including phenoxy) is 2. The van der Waals surface area contributed by atoms with Crippen LogP contribution in [-0.2, 0) is 19.2 Å². The van der Waals surface area contributed by atoms with E-state index in [1.807, 2.05) is 0 Å². The number of carbonyl (C=O) groups excluding carboxylic acids is 4. The number of hydrogen-bond donors (Lipinski definition) is 0. The molecule has 4 unspecified atom stereocenters. The normalized spacial score (nSPS) is 19.2. The molecule has 414 valence electrons. The van der Waals surface area contributed by atoms with Gasteiger partial charge in [-0.05, 0) is 61.2 Å². The topological polar surface area (TPSA) is 90.0 Å². The zero-order valence-corrected chi connectivity index (χ0v) is 34.9. The highest BCUT2D eigenvalue weighted by atomic mass is 19.4. The van der Waals surface area contributed by atoms with Gasteiger partial charge in [0.15, 0.2) is 0 Å². The number of imide groups is 1. The Labute approximate surface area is 384 Å². The van der Waals surface area contributed by atoms with Crippen molar-refractivity contribution in [1.29, 1.82) is 0 Å². The predicted octanol–water partition coefficient (Wildman–Crippen LogP) is 12.7. The molecule has 0 saturated carbocycles. The van der Waals surface area contributed by atoms with E-state index >= 15 is 0 Å². The average Bonchev–Trinajstić information content (AvgIpc) is 3.44. The lowest BCUT2D eigenvalue weighted by molar-refractivity contribution is -0.450. The summed E-state index contributed by atoms with van der Waals surface area (Å²) in [4.78, 5) is 50.4. The van der Waals surface area contributed by atoms with Crippen LogP contribution in [0.25, 0.3) is 0 Å². The van der Waals surface area contributed by atoms with E-state index in [1.54, 1.807) is 0 Å². The van der Waals surface area contributed by atoms with Gasteiger partial charge in [0.25, 0.3) is 5.67 Å². The molecule has 0 bridgehead atoms. The number of esters is 2. The van der Waals surface area contributed by atoms with Crippen molar-refractivity contribution in [3.63, 3.8) is 0 Å². The third-order valence-electron chi connectivity index (χ3n) is 10.9. The maximum atomic E-state index is 14.4. The van der Waals surface area contributed by atoms with Crippen LogP contribution in [0.4, 0.5) is 133 Å². The molecule has 4 atom stereocenters. The van der Waals surface area contributed by atoms with Gasteiger partial charge in [0.1, 0.15) is 11.5 Å². The second-order valence-electron chi connectivity index (χ2n) is 15.7. The van der Waals surface area contributed by atoms with Gasteiger partial charge in [-0.25, -0.2) is 14.0 Å². The third-order valence-corrected chi connectivity index (χ3v) is 10.9. The van der Waals surface area contributed by atoms with Crippen LogP contribution in [0, 0.1) is 11.8 Å². The van der Waals surface area contributed by atoms with E-state index in [-0.39, 0.29) is 22.6 Å². The Morgan fingerprint density at radius 2 is 0.781 bits per heavy atom. The predicted molar refractivity (Wildman–Crippen MR) is 178 cm³/mol. The summed E-state index contributed by atoms with van der Waals surface area (Å²) >= 11 is 0. The lowest BCUT2D eigenvalue weighted by Gasteiger charge is -2.42. The van der Waals surface area contributed by atoms with Crippen molar-refractivity contribution in [3.05, 3.63) is 54.1 Å². The first-order valence-electron chi connectivity index (χ1n) is 18.6. The highest BCUT2D eigenvalue weighted by molar-refractivity contribution is 6.22. The average molecular weight is 1130 g/mol. The summed E-state index contributed by atoms with van der Waals surface area (Å²) in [7, 11) is 0. The molecule has 1 aliphatic heterocycles. The molecular weight excluding hydrogens is 1110 g/mol. The van der Waals surface area contributed by atoms with Crippen molar-refractivity contribution in [2.24, 2.45) is 11.8 Å². The van der Waals surface area contributed by atoms with Crippen LogP contribution in [0.3, 0.4) is 0 Å². The molecule has 1 aliphatic rings. The summed E-state index contributed by atoms with van der Waals surface area (Å²) in [6.45, 7) is 0.768. The molecule has 1 fully saturated rings. The van der Waals surface area contributed by atoms with Crippen molar-refractivity contribution >= 4 is 29.4 Å². The molecule has 2 aromatic carbocycles. The van der Waals surface area contributed by atoms with E-state index in [4.69, 9.17) is 0 Å². The first-order valence-corrected chi connectivity index (χ1v) is 18.6. The second kappa shape index (κ2) is 18.1. The van der Waals surface area contributed by atoms with Gasteiger partial charge in [-0.3, -0.25) is 14.5 Å². The number of anilines is 1. The van der Waals surface area contributed by atoms with Gasteiger partial charge >= 0.3 is 89.4 Å². The number of nitrogens with zero attached hydrogens (tertiary/aromatic N) is 1. The van der Waals surface area contributed by atoms with Crippen LogP contribution in [0.15, 0.2) is 48.5 Å². The van der Waals surface area contributed by atoms with Crippen LogP contribution >= 0.6 is 0 Å². The van der Waals surface area contributed by atoms with E-state index in [0.717, 1.165) is 19.1 Å². The summed E-state index contributed by atoms with van der Waals surface area (Å²) in [5.41, 5.74) is -7.54. The maximum Gasteiger partial charge on any atom is 0.460 e. The third kappa shape index (κ3) is 9.08. The minimum Gasteiger partial charge on any atom is -0.422 e. The maximum absolute atomic E-state index is 14.4. The lowest BCUT2D eigenvalue weighted by Crippen LogP contribution is -2.73. The molecule has 0 aliphatic carbocycles. The first-order chi connectivity index (χ1) is 32.1. The molecule has 2 amide bonds. The minimum absolute atomic E-state index is 0.0990. The van der Waals surface area contributed by atoms with Gasteiger partial charge in [0.2, 0.25) is 11.8 Å². The molecule has 0 aromatic heterocycles. The Morgan fingerprint density at radius 3 is 1.12 bits per heavy atom. The number of halogens is 29. The highest BCUT2D eigenvalue weighted by Crippen LogP contribution is 2.64. The standard InChI is InChI=1S/C37H22F29NO6/c1-13(15-4-8-17(9-5-15)72-22(70)25(39,40)28(45,46)31(51,52)30(49,50)27(43,44)24(3,38)36(61,62)63)12-19-14(2)20(68)67(21(19)69)16-6-10-18(11-7-16)73-23(71)26(41,42)29(47,48)32(53,54)33(55,56)34(57,58)35(59,60)37(64,65)66/h4-11,13-14,19H,12H2,1-3H3. The van der Waals surface area contributed by atoms with Crippen LogP contribution in [-0.4, -0.2) is 107 Å². The summed E-state index contributed by atoms with van der Waals surface area (Å²) in [6, 6.07) is 3.43. The van der Waals surface area contributed by atoms with Crippen molar-refractivity contribution in [3.8, 4) is 11.5 Å². The van der Waals surface area contributed by atoms with Gasteiger partial charge in [0.05, 0.1) is 11.6 Å². The summed E-state index contributed by atoms with van der Waals surface area (Å²) in [5, 5.41) is 0. The summed E-state index contributed by atoms with van der Waals surface area (Å²) < 4.78 is 403. The Kier molecular flexibility index (Phi) is 15.3. The smallest absolute Gasteiger partial charge is 0.422 e. The zero-order chi connectivity index (χ0) is 57.7. The molecular formula is C37H22F29NO6. The van der Waals surface area contributed by atoms with Crippen LogP contribution < -0.4 is 14.4 Å². The van der Waals surface area contributed by atoms with Gasteiger partial charge in [-0.2, -0.15) is 123 Å². The number of amides is 2. The second-order valence-corrected chi connectivity index (χ2v) is 15.7. The van der Waals surface area contributed by atoms with Crippen LogP contribution in [0.5, 0.6) is 11.5 Å². The zero-order valence-electron chi connectivity index (χ0n) is 34.9. The molecule has 73 heavy (non-hydrogen) atoms. The number of carbonyl (C=O) groups is 4. The largest absolute Gasteiger partial charge is 0.460 e. The molecule has 1 saturated heterocycles. The Bertz CT molecular complexity index is 2410. The molecule has 36 heteroatoms. The first kappa shape index (κ1) is 61.8. The Hall–Kier alpha value is -5.51. The van der Waals surface area contributed by atoms with Crippen molar-refractivity contribution in [2.45, 2.75) is 116 Å². The Morgan fingerprint density at radius 1 is 0.466 bits per heavy atom. The van der Waals surface area contributed by atoms with Crippen molar-refractivity contribution in [2.75, 3.05) is 4.90 Å².